The lowest BCUT2D eigenvalue weighted by atomic mass is 10.2. The molecule has 2 aromatic rings. The maximum atomic E-state index is 11.9. The van der Waals surface area contributed by atoms with Crippen molar-refractivity contribution in [1.29, 1.82) is 0 Å². The first-order valence-electron chi connectivity index (χ1n) is 7.00. The van der Waals surface area contributed by atoms with E-state index in [0.29, 0.717) is 11.7 Å². The predicted molar refractivity (Wildman–Crippen MR) is 86.2 cm³/mol. The molecule has 0 aliphatic carbocycles. The minimum atomic E-state index is -0.774. The molecule has 0 bridgehead atoms. The molecule has 2 amide bonds. The summed E-state index contributed by atoms with van der Waals surface area (Å²) in [5, 5.41) is 10.4. The summed E-state index contributed by atoms with van der Waals surface area (Å²) in [7, 11) is 1.21. The number of amides is 2. The number of methoxy groups -OCH3 is 1. The average Bonchev–Trinajstić information content (AvgIpc) is 2.88. The highest BCUT2D eigenvalue weighted by molar-refractivity contribution is 8.00. The summed E-state index contributed by atoms with van der Waals surface area (Å²) in [6, 6.07) is 9.92. The molecule has 1 aromatic heterocycles. The van der Waals surface area contributed by atoms with Crippen LogP contribution in [0, 0.1) is 6.92 Å². The lowest BCUT2D eigenvalue weighted by Gasteiger charge is -2.12. The maximum Gasteiger partial charge on any atom is 0.413 e. The summed E-state index contributed by atoms with van der Waals surface area (Å²) in [5.74, 6) is 0.325. The molecule has 0 aliphatic rings. The molecule has 1 aromatic carbocycles. The Labute approximate surface area is 138 Å². The molecular weight excluding hydrogens is 316 g/mol. The van der Waals surface area contributed by atoms with E-state index in [1.807, 2.05) is 41.8 Å². The van der Waals surface area contributed by atoms with Crippen molar-refractivity contribution >= 4 is 23.8 Å². The van der Waals surface area contributed by atoms with E-state index in [9.17, 15) is 9.59 Å². The zero-order valence-electron chi connectivity index (χ0n) is 13.1. The quantitative estimate of drug-likeness (QED) is 0.842. The van der Waals surface area contributed by atoms with E-state index in [4.69, 9.17) is 0 Å². The molecule has 122 valence electrons. The van der Waals surface area contributed by atoms with Gasteiger partial charge in [0.15, 0.2) is 5.16 Å². The van der Waals surface area contributed by atoms with Gasteiger partial charge in [0.2, 0.25) is 5.91 Å². The Morgan fingerprint density at radius 1 is 1.30 bits per heavy atom. The van der Waals surface area contributed by atoms with Crippen LogP contribution in [0.25, 0.3) is 0 Å². The fraction of sp³-hybridized carbons (Fsp3) is 0.333. The van der Waals surface area contributed by atoms with Gasteiger partial charge >= 0.3 is 6.09 Å². The Bertz CT molecular complexity index is 687. The number of alkyl carbamates (subject to hydrolysis) is 1. The molecule has 1 atom stereocenters. The number of rotatable bonds is 5. The van der Waals surface area contributed by atoms with Gasteiger partial charge in [-0.15, -0.1) is 10.2 Å². The third kappa shape index (κ3) is 4.56. The molecule has 7 nitrogen and oxygen atoms in total. The van der Waals surface area contributed by atoms with Crippen LogP contribution in [0.1, 0.15) is 18.3 Å². The van der Waals surface area contributed by atoms with Crippen LogP contribution >= 0.6 is 11.8 Å². The standard InChI is InChI=1S/C15H18N4O3S/c1-10(13(20)16-15(21)22-3)23-14-18-17-11(2)19(14)9-12-7-5-4-6-8-12/h4-8,10H,9H2,1-3H3,(H,16,20,21)/t10-/m1/s1. The molecule has 2 rings (SSSR count). The van der Waals surface area contributed by atoms with Crippen molar-refractivity contribution in [3.05, 3.63) is 41.7 Å². The number of thioether (sulfide) groups is 1. The van der Waals surface area contributed by atoms with Crippen molar-refractivity contribution in [3.8, 4) is 0 Å². The number of ether oxygens (including phenoxy) is 1. The highest BCUT2D eigenvalue weighted by Crippen LogP contribution is 2.23. The molecular formula is C15H18N4O3S. The van der Waals surface area contributed by atoms with Crippen molar-refractivity contribution in [2.75, 3.05) is 7.11 Å². The highest BCUT2D eigenvalue weighted by atomic mass is 32.2. The first-order chi connectivity index (χ1) is 11.0. The van der Waals surface area contributed by atoms with Gasteiger partial charge in [0.05, 0.1) is 18.9 Å². The van der Waals surface area contributed by atoms with Gasteiger partial charge in [0, 0.05) is 0 Å². The first-order valence-corrected chi connectivity index (χ1v) is 7.88. The van der Waals surface area contributed by atoms with Crippen LogP contribution in [0.3, 0.4) is 0 Å². The number of nitrogens with zero attached hydrogens (tertiary/aromatic N) is 3. The number of benzene rings is 1. The number of aryl methyl sites for hydroxylation is 1. The predicted octanol–water partition coefficient (Wildman–Crippen LogP) is 2.00. The van der Waals surface area contributed by atoms with Gasteiger partial charge in [-0.2, -0.15) is 0 Å². The molecule has 0 unspecified atom stereocenters. The molecule has 0 aliphatic heterocycles. The molecule has 1 N–H and O–H groups in total. The highest BCUT2D eigenvalue weighted by Gasteiger charge is 2.21. The number of aromatic nitrogens is 3. The number of nitrogens with one attached hydrogen (secondary N) is 1. The maximum absolute atomic E-state index is 11.9. The smallest absolute Gasteiger partial charge is 0.413 e. The van der Waals surface area contributed by atoms with Crippen LogP contribution in [0.5, 0.6) is 0 Å². The number of carbonyl (C=O) groups is 2. The van der Waals surface area contributed by atoms with E-state index in [0.717, 1.165) is 11.4 Å². The molecule has 0 saturated heterocycles. The van der Waals surface area contributed by atoms with Crippen molar-refractivity contribution in [3.63, 3.8) is 0 Å². The SMILES string of the molecule is COC(=O)NC(=O)[C@@H](C)Sc1nnc(C)n1Cc1ccccc1. The molecule has 1 heterocycles. The summed E-state index contributed by atoms with van der Waals surface area (Å²) in [6.07, 6.45) is -0.774. The van der Waals surface area contributed by atoms with Gasteiger partial charge in [0.1, 0.15) is 5.82 Å². The summed E-state index contributed by atoms with van der Waals surface area (Å²) in [4.78, 5) is 23.0. The number of imide groups is 1. The second kappa shape index (κ2) is 7.77. The Hall–Kier alpha value is -2.35. The van der Waals surface area contributed by atoms with Crippen LogP contribution < -0.4 is 5.32 Å². The lowest BCUT2D eigenvalue weighted by Crippen LogP contribution is -2.36. The van der Waals surface area contributed by atoms with Crippen molar-refractivity contribution in [2.45, 2.75) is 30.8 Å². The second-order valence-corrected chi connectivity index (χ2v) is 6.15. The van der Waals surface area contributed by atoms with Crippen LogP contribution in [0.4, 0.5) is 4.79 Å². The van der Waals surface area contributed by atoms with Crippen LogP contribution in [-0.4, -0.2) is 39.1 Å². The third-order valence-electron chi connectivity index (χ3n) is 3.15. The topological polar surface area (TPSA) is 86.1 Å². The van der Waals surface area contributed by atoms with Crippen molar-refractivity contribution in [2.24, 2.45) is 0 Å². The largest absolute Gasteiger partial charge is 0.453 e. The Morgan fingerprint density at radius 3 is 2.65 bits per heavy atom. The van der Waals surface area contributed by atoms with E-state index in [2.05, 4.69) is 20.3 Å². The Balaban J connectivity index is 2.09. The minimum Gasteiger partial charge on any atom is -0.453 e. The Morgan fingerprint density at radius 2 is 2.00 bits per heavy atom. The number of hydrogen-bond donors (Lipinski definition) is 1. The van der Waals surface area contributed by atoms with Crippen LogP contribution in [0.2, 0.25) is 0 Å². The number of carbonyl (C=O) groups excluding carboxylic acids is 2. The van der Waals surface area contributed by atoms with E-state index < -0.39 is 17.3 Å². The van der Waals surface area contributed by atoms with Gasteiger partial charge in [0.25, 0.3) is 0 Å². The van der Waals surface area contributed by atoms with Gasteiger partial charge in [-0.3, -0.25) is 10.1 Å². The number of hydrogen-bond acceptors (Lipinski definition) is 6. The van der Waals surface area contributed by atoms with Crippen LogP contribution in [0.15, 0.2) is 35.5 Å². The molecule has 0 fully saturated rings. The van der Waals surface area contributed by atoms with E-state index >= 15 is 0 Å². The van der Waals surface area contributed by atoms with E-state index in [1.165, 1.54) is 18.9 Å². The zero-order chi connectivity index (χ0) is 16.8. The van der Waals surface area contributed by atoms with Gasteiger partial charge in [-0.1, -0.05) is 42.1 Å². The molecule has 0 spiro atoms. The molecule has 23 heavy (non-hydrogen) atoms. The molecule has 0 saturated carbocycles. The summed E-state index contributed by atoms with van der Waals surface area (Å²) >= 11 is 1.24. The molecule has 0 radical (unpaired) electrons. The van der Waals surface area contributed by atoms with Crippen molar-refractivity contribution < 1.29 is 14.3 Å². The summed E-state index contributed by atoms with van der Waals surface area (Å²) < 4.78 is 6.35. The first kappa shape index (κ1) is 17.0. The summed E-state index contributed by atoms with van der Waals surface area (Å²) in [6.45, 7) is 4.17. The van der Waals surface area contributed by atoms with E-state index in [-0.39, 0.29) is 0 Å². The average molecular weight is 334 g/mol. The third-order valence-corrected chi connectivity index (χ3v) is 4.23. The van der Waals surface area contributed by atoms with E-state index in [1.54, 1.807) is 6.92 Å². The Kier molecular flexibility index (Phi) is 5.75. The normalized spacial score (nSPS) is 11.8. The minimum absolute atomic E-state index is 0.436. The fourth-order valence-electron chi connectivity index (χ4n) is 1.86. The zero-order valence-corrected chi connectivity index (χ0v) is 14.0. The second-order valence-electron chi connectivity index (χ2n) is 4.84. The molecule has 8 heteroatoms. The lowest BCUT2D eigenvalue weighted by molar-refractivity contribution is -0.119. The van der Waals surface area contributed by atoms with Gasteiger partial charge in [-0.25, -0.2) is 4.79 Å². The fourth-order valence-corrected chi connectivity index (χ4v) is 2.76. The summed E-state index contributed by atoms with van der Waals surface area (Å²) in [5.41, 5.74) is 1.11. The van der Waals surface area contributed by atoms with Gasteiger partial charge < -0.3 is 9.30 Å². The van der Waals surface area contributed by atoms with Crippen molar-refractivity contribution in [1.82, 2.24) is 20.1 Å². The van der Waals surface area contributed by atoms with Gasteiger partial charge in [-0.05, 0) is 19.4 Å². The monoisotopic (exact) mass is 334 g/mol. The van der Waals surface area contributed by atoms with Crippen LogP contribution in [-0.2, 0) is 16.1 Å².